The van der Waals surface area contributed by atoms with E-state index in [-0.39, 0.29) is 5.60 Å². The van der Waals surface area contributed by atoms with Crippen LogP contribution in [0.5, 0.6) is 0 Å². The molecule has 2 rings (SSSR count). The Kier molecular flexibility index (Phi) is 1.80. The molecule has 0 aromatic rings. The lowest BCUT2D eigenvalue weighted by atomic mass is 9.72. The third-order valence-corrected chi connectivity index (χ3v) is 3.39. The van der Waals surface area contributed by atoms with Crippen molar-refractivity contribution < 1.29 is 4.74 Å². The third-order valence-electron chi connectivity index (χ3n) is 3.39. The van der Waals surface area contributed by atoms with E-state index in [1.54, 1.807) is 0 Å². The lowest BCUT2D eigenvalue weighted by Gasteiger charge is -2.33. The molecule has 1 heterocycles. The van der Waals surface area contributed by atoms with Gasteiger partial charge in [0.05, 0.1) is 12.2 Å². The summed E-state index contributed by atoms with van der Waals surface area (Å²) in [6.45, 7) is 9.51. The molecule has 0 aromatic carbocycles. The van der Waals surface area contributed by atoms with Gasteiger partial charge in [-0.05, 0) is 32.1 Å². The molecule has 1 saturated carbocycles. The molecule has 3 atom stereocenters. The first-order valence-corrected chi connectivity index (χ1v) is 4.93. The summed E-state index contributed by atoms with van der Waals surface area (Å²) in [5.74, 6) is 1.50. The Morgan fingerprint density at radius 3 is 2.67 bits per heavy atom. The molecule has 0 amide bonds. The molecule has 1 aliphatic carbocycles. The van der Waals surface area contributed by atoms with E-state index in [0.717, 1.165) is 12.5 Å². The minimum absolute atomic E-state index is 0.240. The van der Waals surface area contributed by atoms with Crippen molar-refractivity contribution in [2.45, 2.75) is 38.7 Å². The van der Waals surface area contributed by atoms with Crippen LogP contribution in [0.15, 0.2) is 12.2 Å². The Balaban J connectivity index is 2.10. The molecule has 2 fully saturated rings. The predicted molar refractivity (Wildman–Crippen MR) is 50.0 cm³/mol. The van der Waals surface area contributed by atoms with Gasteiger partial charge in [0.1, 0.15) is 0 Å². The van der Waals surface area contributed by atoms with Crippen molar-refractivity contribution in [2.24, 2.45) is 11.8 Å². The summed E-state index contributed by atoms with van der Waals surface area (Å²) in [5, 5.41) is 0. The largest absolute Gasteiger partial charge is 0.369 e. The van der Waals surface area contributed by atoms with Gasteiger partial charge in [-0.2, -0.15) is 0 Å². The van der Waals surface area contributed by atoms with Gasteiger partial charge in [-0.25, -0.2) is 0 Å². The first-order chi connectivity index (χ1) is 5.64. The van der Waals surface area contributed by atoms with Gasteiger partial charge in [-0.15, -0.1) is 0 Å². The van der Waals surface area contributed by atoms with Crippen LogP contribution >= 0.6 is 0 Å². The molecule has 0 aromatic heterocycles. The number of ether oxygens (including phenoxy) is 1. The van der Waals surface area contributed by atoms with Crippen LogP contribution < -0.4 is 0 Å². The zero-order valence-electron chi connectivity index (χ0n) is 8.10. The van der Waals surface area contributed by atoms with Gasteiger partial charge in [0.15, 0.2) is 0 Å². The van der Waals surface area contributed by atoms with Gasteiger partial charge in [-0.3, -0.25) is 0 Å². The Morgan fingerprint density at radius 2 is 2.17 bits per heavy atom. The molecule has 1 unspecified atom stereocenters. The van der Waals surface area contributed by atoms with E-state index in [9.17, 15) is 0 Å². The zero-order chi connectivity index (χ0) is 8.77. The number of epoxide rings is 1. The number of hydrogen-bond donors (Lipinski definition) is 0. The third kappa shape index (κ3) is 1.20. The van der Waals surface area contributed by atoms with Crippen LogP contribution in [0, 0.1) is 11.8 Å². The fourth-order valence-electron chi connectivity index (χ4n) is 2.66. The Morgan fingerprint density at radius 1 is 1.50 bits per heavy atom. The van der Waals surface area contributed by atoms with Crippen molar-refractivity contribution >= 4 is 0 Å². The van der Waals surface area contributed by atoms with Crippen molar-refractivity contribution in [1.29, 1.82) is 0 Å². The summed E-state index contributed by atoms with van der Waals surface area (Å²) in [6.07, 6.45) is 3.89. The highest BCUT2D eigenvalue weighted by Gasteiger charge is 2.53. The second kappa shape index (κ2) is 2.59. The molecular weight excluding hydrogens is 148 g/mol. The van der Waals surface area contributed by atoms with Crippen LogP contribution in [-0.4, -0.2) is 12.2 Å². The summed E-state index contributed by atoms with van der Waals surface area (Å²) in [7, 11) is 0. The molecule has 1 heteroatoms. The maximum Gasteiger partial charge on any atom is 0.0983 e. The minimum atomic E-state index is 0.240. The van der Waals surface area contributed by atoms with E-state index in [0.29, 0.717) is 5.92 Å². The first-order valence-electron chi connectivity index (χ1n) is 4.93. The minimum Gasteiger partial charge on any atom is -0.369 e. The van der Waals surface area contributed by atoms with Gasteiger partial charge < -0.3 is 4.74 Å². The van der Waals surface area contributed by atoms with Crippen molar-refractivity contribution in [3.63, 3.8) is 0 Å². The average Bonchev–Trinajstić information content (AvgIpc) is 2.68. The molecule has 0 bridgehead atoms. The Labute approximate surface area is 74.8 Å². The molecule has 0 radical (unpaired) electrons. The SMILES string of the molecule is C=C(C)[C@H]1CC[C@@H](C)CC12CO2. The summed E-state index contributed by atoms with van der Waals surface area (Å²) in [5.41, 5.74) is 1.56. The smallest absolute Gasteiger partial charge is 0.0983 e. The molecule has 1 saturated heterocycles. The van der Waals surface area contributed by atoms with Crippen LogP contribution in [-0.2, 0) is 4.74 Å². The summed E-state index contributed by atoms with van der Waals surface area (Å²) in [6, 6.07) is 0. The van der Waals surface area contributed by atoms with Crippen molar-refractivity contribution in [2.75, 3.05) is 6.61 Å². The fourth-order valence-corrected chi connectivity index (χ4v) is 2.66. The van der Waals surface area contributed by atoms with Crippen molar-refractivity contribution in [3.05, 3.63) is 12.2 Å². The zero-order valence-corrected chi connectivity index (χ0v) is 8.10. The second-order valence-electron chi connectivity index (χ2n) is 4.64. The summed E-state index contributed by atoms with van der Waals surface area (Å²) >= 11 is 0. The second-order valence-corrected chi connectivity index (χ2v) is 4.64. The molecule has 12 heavy (non-hydrogen) atoms. The van der Waals surface area contributed by atoms with E-state index in [2.05, 4.69) is 20.4 Å². The lowest BCUT2D eigenvalue weighted by molar-refractivity contribution is 0.149. The highest BCUT2D eigenvalue weighted by Crippen LogP contribution is 2.50. The predicted octanol–water partition coefficient (Wildman–Crippen LogP) is 2.77. The monoisotopic (exact) mass is 166 g/mol. The van der Waals surface area contributed by atoms with Crippen LogP contribution in [0.1, 0.15) is 33.1 Å². The van der Waals surface area contributed by atoms with Crippen molar-refractivity contribution in [3.8, 4) is 0 Å². The van der Waals surface area contributed by atoms with Crippen LogP contribution in [0.4, 0.5) is 0 Å². The Hall–Kier alpha value is -0.300. The standard InChI is InChI=1S/C11H18O/c1-8(2)10-5-4-9(3)6-11(10)7-12-11/h9-10H,1,4-7H2,2-3H3/t9-,10-,11?/m1/s1. The lowest BCUT2D eigenvalue weighted by Crippen LogP contribution is -2.32. The normalized spacial score (nSPS) is 46.2. The Bertz CT molecular complexity index is 203. The maximum absolute atomic E-state index is 5.62. The number of rotatable bonds is 1. The molecular formula is C11H18O. The van der Waals surface area contributed by atoms with E-state index >= 15 is 0 Å². The fraction of sp³-hybridized carbons (Fsp3) is 0.818. The first kappa shape index (κ1) is 8.31. The van der Waals surface area contributed by atoms with Gasteiger partial charge in [0.25, 0.3) is 0 Å². The van der Waals surface area contributed by atoms with Crippen LogP contribution in [0.3, 0.4) is 0 Å². The van der Waals surface area contributed by atoms with E-state index in [4.69, 9.17) is 4.74 Å². The molecule has 0 N–H and O–H groups in total. The highest BCUT2D eigenvalue weighted by atomic mass is 16.6. The van der Waals surface area contributed by atoms with E-state index < -0.39 is 0 Å². The molecule has 1 spiro atoms. The van der Waals surface area contributed by atoms with Crippen LogP contribution in [0.25, 0.3) is 0 Å². The van der Waals surface area contributed by atoms with Gasteiger partial charge in [0, 0.05) is 5.92 Å². The van der Waals surface area contributed by atoms with Gasteiger partial charge >= 0.3 is 0 Å². The van der Waals surface area contributed by atoms with Gasteiger partial charge in [0.2, 0.25) is 0 Å². The molecule has 68 valence electrons. The van der Waals surface area contributed by atoms with Gasteiger partial charge in [-0.1, -0.05) is 19.1 Å². The van der Waals surface area contributed by atoms with Crippen molar-refractivity contribution in [1.82, 2.24) is 0 Å². The maximum atomic E-state index is 5.62. The van der Waals surface area contributed by atoms with E-state index in [1.165, 1.54) is 24.8 Å². The van der Waals surface area contributed by atoms with E-state index in [1.807, 2.05) is 0 Å². The number of hydrogen-bond acceptors (Lipinski definition) is 1. The summed E-state index contributed by atoms with van der Waals surface area (Å²) in [4.78, 5) is 0. The molecule has 1 aliphatic heterocycles. The van der Waals surface area contributed by atoms with Crippen LogP contribution in [0.2, 0.25) is 0 Å². The average molecular weight is 166 g/mol. The quantitative estimate of drug-likeness (QED) is 0.431. The topological polar surface area (TPSA) is 12.5 Å². The molecule has 2 aliphatic rings. The summed E-state index contributed by atoms with van der Waals surface area (Å²) < 4.78 is 5.62. The highest BCUT2D eigenvalue weighted by molar-refractivity contribution is 5.14. The molecule has 1 nitrogen and oxygen atoms in total.